The molecule has 4 nitrogen and oxygen atoms in total. The Balaban J connectivity index is 2.89. The molecule has 1 atom stereocenters. The molecule has 14 heavy (non-hydrogen) atoms. The first-order valence-corrected chi connectivity index (χ1v) is 5.37. The number of halogens is 1. The van der Waals surface area contributed by atoms with Gasteiger partial charge in [0, 0.05) is 0 Å². The Kier molecular flexibility index (Phi) is 4.06. The first kappa shape index (κ1) is 11.2. The highest BCUT2D eigenvalue weighted by Crippen LogP contribution is 2.14. The van der Waals surface area contributed by atoms with E-state index in [-0.39, 0.29) is 5.88 Å². The molecule has 0 saturated carbocycles. The second-order valence-electron chi connectivity index (χ2n) is 2.48. The van der Waals surface area contributed by atoms with E-state index >= 15 is 0 Å². The molecule has 1 unspecified atom stereocenters. The van der Waals surface area contributed by atoms with E-state index in [4.69, 9.17) is 21.9 Å². The van der Waals surface area contributed by atoms with Crippen molar-refractivity contribution in [3.05, 3.63) is 24.3 Å². The highest BCUT2D eigenvalue weighted by molar-refractivity contribution is 7.79. The number of nitrogens with two attached hydrogens (primary N) is 1. The lowest BCUT2D eigenvalue weighted by atomic mass is 10.3. The van der Waals surface area contributed by atoms with Crippen molar-refractivity contribution in [2.45, 2.75) is 4.90 Å². The second-order valence-corrected chi connectivity index (χ2v) is 3.72. The van der Waals surface area contributed by atoms with Gasteiger partial charge in [0.1, 0.15) is 5.84 Å². The molecule has 0 spiro atoms. The zero-order chi connectivity index (χ0) is 10.6. The number of amidine groups is 1. The molecule has 0 radical (unpaired) electrons. The van der Waals surface area contributed by atoms with Crippen LogP contribution in [0.2, 0.25) is 0 Å². The quantitative estimate of drug-likeness (QED) is 0.359. The van der Waals surface area contributed by atoms with Crippen LogP contribution >= 0.6 is 11.6 Å². The Hall–Kier alpha value is -0.910. The second kappa shape index (κ2) is 5.09. The molecule has 0 aliphatic carbocycles. The Morgan fingerprint density at radius 1 is 1.50 bits per heavy atom. The van der Waals surface area contributed by atoms with Gasteiger partial charge in [-0.25, -0.2) is 9.20 Å². The number of hydrogen-bond acceptors (Lipinski definition) is 2. The van der Waals surface area contributed by atoms with E-state index in [1.165, 1.54) is 12.1 Å². The van der Waals surface area contributed by atoms with E-state index in [2.05, 4.69) is 4.99 Å². The molecule has 1 aromatic rings. The summed E-state index contributed by atoms with van der Waals surface area (Å²) in [6, 6.07) is 6.22. The summed E-state index contributed by atoms with van der Waals surface area (Å²) < 4.78 is 19.4. The van der Waals surface area contributed by atoms with E-state index in [1.54, 1.807) is 12.1 Å². The third kappa shape index (κ3) is 3.10. The molecule has 0 saturated heterocycles. The molecule has 0 aliphatic rings. The lowest BCUT2D eigenvalue weighted by Gasteiger charge is -1.97. The van der Waals surface area contributed by atoms with Gasteiger partial charge in [0.2, 0.25) is 0 Å². The Morgan fingerprint density at radius 2 is 2.07 bits per heavy atom. The summed E-state index contributed by atoms with van der Waals surface area (Å²) in [5.74, 6) is 0.470. The third-order valence-electron chi connectivity index (χ3n) is 1.45. The van der Waals surface area contributed by atoms with E-state index < -0.39 is 11.1 Å². The van der Waals surface area contributed by atoms with Gasteiger partial charge in [-0.05, 0) is 24.3 Å². The summed E-state index contributed by atoms with van der Waals surface area (Å²) in [6.45, 7) is 0. The summed E-state index contributed by atoms with van der Waals surface area (Å²) in [5, 5.41) is 0. The average molecular weight is 233 g/mol. The molecule has 0 bridgehead atoms. The maximum absolute atomic E-state index is 10.6. The van der Waals surface area contributed by atoms with Crippen LogP contribution in [0.4, 0.5) is 5.69 Å². The predicted octanol–water partition coefficient (Wildman–Crippen LogP) is 1.49. The molecule has 0 amide bonds. The Bertz CT molecular complexity index is 364. The van der Waals surface area contributed by atoms with Crippen LogP contribution in [-0.4, -0.2) is 20.5 Å². The monoisotopic (exact) mass is 232 g/mol. The zero-order valence-electron chi connectivity index (χ0n) is 7.18. The highest BCUT2D eigenvalue weighted by Gasteiger charge is 1.98. The van der Waals surface area contributed by atoms with Gasteiger partial charge in [-0.2, -0.15) is 0 Å². The van der Waals surface area contributed by atoms with Crippen LogP contribution in [0.15, 0.2) is 34.2 Å². The van der Waals surface area contributed by atoms with Gasteiger partial charge < -0.3 is 10.3 Å². The SMILES string of the molecule is NC(CCl)=Nc1ccc(S(=O)O)cc1. The first-order valence-electron chi connectivity index (χ1n) is 3.73. The predicted molar refractivity (Wildman–Crippen MR) is 57.5 cm³/mol. The molecule has 1 aromatic carbocycles. The van der Waals surface area contributed by atoms with Crippen molar-refractivity contribution in [2.24, 2.45) is 10.7 Å². The summed E-state index contributed by atoms with van der Waals surface area (Å²) in [5.41, 5.74) is 6.02. The maximum Gasteiger partial charge on any atom is 0.186 e. The van der Waals surface area contributed by atoms with Crippen molar-refractivity contribution in [3.8, 4) is 0 Å². The summed E-state index contributed by atoms with van der Waals surface area (Å²) in [4.78, 5) is 4.29. The Morgan fingerprint density at radius 3 is 2.50 bits per heavy atom. The van der Waals surface area contributed by atoms with Gasteiger partial charge in [0.25, 0.3) is 0 Å². The van der Waals surface area contributed by atoms with Crippen molar-refractivity contribution in [3.63, 3.8) is 0 Å². The summed E-state index contributed by atoms with van der Waals surface area (Å²) >= 11 is 3.48. The number of aliphatic imine (C=N–C) groups is 1. The van der Waals surface area contributed by atoms with Gasteiger partial charge in [0.05, 0.1) is 16.5 Å². The molecule has 0 fully saturated rings. The molecular formula is C8H9ClN2O2S. The minimum atomic E-state index is -1.96. The van der Waals surface area contributed by atoms with Crippen LogP contribution < -0.4 is 5.73 Å². The van der Waals surface area contributed by atoms with Crippen molar-refractivity contribution < 1.29 is 8.76 Å². The molecule has 0 aliphatic heterocycles. The lowest BCUT2D eigenvalue weighted by Crippen LogP contribution is -2.12. The molecular weight excluding hydrogens is 224 g/mol. The smallest absolute Gasteiger partial charge is 0.186 e. The number of benzene rings is 1. The van der Waals surface area contributed by atoms with Crippen LogP contribution in [0, 0.1) is 0 Å². The van der Waals surface area contributed by atoms with Crippen LogP contribution in [0.3, 0.4) is 0 Å². The van der Waals surface area contributed by atoms with Gasteiger partial charge in [-0.1, -0.05) is 0 Å². The minimum absolute atomic E-state index is 0.160. The van der Waals surface area contributed by atoms with Gasteiger partial charge in [-0.3, -0.25) is 0 Å². The summed E-state index contributed by atoms with van der Waals surface area (Å²) in [7, 11) is 0. The fourth-order valence-corrected chi connectivity index (χ4v) is 1.26. The number of alkyl halides is 1. The van der Waals surface area contributed by atoms with E-state index in [0.29, 0.717) is 16.4 Å². The summed E-state index contributed by atoms with van der Waals surface area (Å²) in [6.07, 6.45) is 0. The van der Waals surface area contributed by atoms with Gasteiger partial charge in [-0.15, -0.1) is 11.6 Å². The fraction of sp³-hybridized carbons (Fsp3) is 0.125. The number of rotatable bonds is 3. The van der Waals surface area contributed by atoms with Crippen LogP contribution in [-0.2, 0) is 11.1 Å². The van der Waals surface area contributed by atoms with Crippen LogP contribution in [0.25, 0.3) is 0 Å². The topological polar surface area (TPSA) is 75.7 Å². The third-order valence-corrected chi connectivity index (χ3v) is 2.40. The van der Waals surface area contributed by atoms with E-state index in [0.717, 1.165) is 0 Å². The standard InChI is InChI=1S/C8H9ClN2O2S/c9-5-8(10)11-6-1-3-7(4-2-6)14(12)13/h1-4H,5H2,(H2,10,11)(H,12,13). The molecule has 1 rings (SSSR count). The highest BCUT2D eigenvalue weighted by atomic mass is 35.5. The first-order chi connectivity index (χ1) is 6.63. The van der Waals surface area contributed by atoms with Crippen molar-refractivity contribution in [1.82, 2.24) is 0 Å². The molecule has 6 heteroatoms. The normalized spacial score (nSPS) is 14.0. The zero-order valence-corrected chi connectivity index (χ0v) is 8.76. The molecule has 0 aromatic heterocycles. The van der Waals surface area contributed by atoms with E-state index in [1.807, 2.05) is 0 Å². The van der Waals surface area contributed by atoms with Crippen molar-refractivity contribution in [2.75, 3.05) is 5.88 Å². The average Bonchev–Trinajstić information content (AvgIpc) is 2.18. The van der Waals surface area contributed by atoms with Gasteiger partial charge in [0.15, 0.2) is 11.1 Å². The van der Waals surface area contributed by atoms with Crippen molar-refractivity contribution >= 4 is 34.2 Å². The van der Waals surface area contributed by atoms with Crippen LogP contribution in [0.5, 0.6) is 0 Å². The van der Waals surface area contributed by atoms with E-state index in [9.17, 15) is 4.21 Å². The maximum atomic E-state index is 10.6. The molecule has 3 N–H and O–H groups in total. The number of nitrogens with zero attached hydrogens (tertiary/aromatic N) is 1. The van der Waals surface area contributed by atoms with Gasteiger partial charge >= 0.3 is 0 Å². The van der Waals surface area contributed by atoms with Crippen molar-refractivity contribution in [1.29, 1.82) is 0 Å². The number of hydrogen-bond donors (Lipinski definition) is 2. The minimum Gasteiger partial charge on any atom is -0.386 e. The Labute approximate surface area is 89.1 Å². The fourth-order valence-electron chi connectivity index (χ4n) is 0.833. The molecule has 0 heterocycles. The van der Waals surface area contributed by atoms with Crippen LogP contribution in [0.1, 0.15) is 0 Å². The lowest BCUT2D eigenvalue weighted by molar-refractivity contribution is 0.564. The largest absolute Gasteiger partial charge is 0.386 e. The molecule has 76 valence electrons.